The molecule has 2 amide bonds. The van der Waals surface area contributed by atoms with Crippen molar-refractivity contribution in [3.63, 3.8) is 0 Å². The van der Waals surface area contributed by atoms with Crippen LogP contribution in [0.25, 0.3) is 10.1 Å². The number of fused-ring (bicyclic) bond motifs is 2. The normalized spacial score (nSPS) is 24.9. The second-order valence-electron chi connectivity index (χ2n) is 9.40. The number of sulfonamides is 1. The summed E-state index contributed by atoms with van der Waals surface area (Å²) in [5.74, 6) is -0.217. The van der Waals surface area contributed by atoms with Crippen LogP contribution < -0.4 is 0 Å². The summed E-state index contributed by atoms with van der Waals surface area (Å²) in [7, 11) is -2.45. The first-order valence-electron chi connectivity index (χ1n) is 11.6. The highest BCUT2D eigenvalue weighted by Crippen LogP contribution is 2.44. The van der Waals surface area contributed by atoms with E-state index in [0.29, 0.717) is 43.9 Å². The van der Waals surface area contributed by atoms with E-state index in [9.17, 15) is 18.0 Å². The van der Waals surface area contributed by atoms with E-state index in [2.05, 4.69) is 0 Å². The number of piperidine rings is 1. The highest BCUT2D eigenvalue weighted by atomic mass is 35.5. The third-order valence-corrected chi connectivity index (χ3v) is 10.7. The van der Waals surface area contributed by atoms with Crippen molar-refractivity contribution in [2.24, 2.45) is 0 Å². The van der Waals surface area contributed by atoms with Gasteiger partial charge in [-0.25, -0.2) is 8.42 Å². The Balaban J connectivity index is 1.43. The summed E-state index contributed by atoms with van der Waals surface area (Å²) >= 11 is 7.20. The molecule has 4 heterocycles. The molecule has 1 unspecified atom stereocenters. The molecule has 35 heavy (non-hydrogen) atoms. The molecule has 0 bridgehead atoms. The highest BCUT2D eigenvalue weighted by molar-refractivity contribution is 7.91. The largest absolute Gasteiger partial charge is 0.380 e. The van der Waals surface area contributed by atoms with Crippen molar-refractivity contribution < 1.29 is 27.5 Å². The maximum atomic E-state index is 13.6. The van der Waals surface area contributed by atoms with Gasteiger partial charge < -0.3 is 19.3 Å². The Morgan fingerprint density at radius 1 is 1.23 bits per heavy atom. The van der Waals surface area contributed by atoms with Gasteiger partial charge in [-0.2, -0.15) is 4.31 Å². The summed E-state index contributed by atoms with van der Waals surface area (Å²) in [6, 6.07) is 6.84. The molecule has 0 radical (unpaired) electrons. The quantitative estimate of drug-likeness (QED) is 0.577. The number of amides is 2. The van der Waals surface area contributed by atoms with Gasteiger partial charge >= 0.3 is 0 Å². The first kappa shape index (κ1) is 24.9. The Kier molecular flexibility index (Phi) is 6.38. The number of rotatable bonds is 5. The van der Waals surface area contributed by atoms with Crippen molar-refractivity contribution >= 4 is 54.9 Å². The lowest BCUT2D eigenvalue weighted by Gasteiger charge is -2.44. The third-order valence-electron chi connectivity index (χ3n) is 7.13. The number of benzene rings is 1. The number of halogens is 1. The molecule has 9 nitrogen and oxygen atoms in total. The molecular weight excluding hydrogens is 514 g/mol. The predicted molar refractivity (Wildman–Crippen MR) is 132 cm³/mol. The third kappa shape index (κ3) is 4.25. The van der Waals surface area contributed by atoms with Gasteiger partial charge in [0.15, 0.2) is 5.72 Å². The molecule has 0 N–H and O–H groups in total. The summed E-state index contributed by atoms with van der Waals surface area (Å²) in [5, 5.41) is 1.31. The van der Waals surface area contributed by atoms with E-state index in [-0.39, 0.29) is 35.7 Å². The van der Waals surface area contributed by atoms with Gasteiger partial charge in [-0.1, -0.05) is 24.6 Å². The number of piperazine rings is 1. The van der Waals surface area contributed by atoms with E-state index in [1.807, 2.05) is 11.8 Å². The van der Waals surface area contributed by atoms with Crippen molar-refractivity contribution in [3.8, 4) is 0 Å². The van der Waals surface area contributed by atoms with Crippen molar-refractivity contribution in [2.75, 3.05) is 46.4 Å². The lowest BCUT2D eigenvalue weighted by Crippen LogP contribution is -2.65. The molecule has 0 aliphatic carbocycles. The van der Waals surface area contributed by atoms with E-state index in [0.717, 1.165) is 21.4 Å². The molecule has 3 fully saturated rings. The van der Waals surface area contributed by atoms with Gasteiger partial charge in [0, 0.05) is 36.3 Å². The average molecular weight is 542 g/mol. The summed E-state index contributed by atoms with van der Waals surface area (Å²) in [6.07, 6.45) is 1.61. The van der Waals surface area contributed by atoms with E-state index in [1.165, 1.54) is 11.4 Å². The molecule has 3 aliphatic rings. The molecule has 2 aromatic rings. The lowest BCUT2D eigenvalue weighted by molar-refractivity contribution is -0.197. The number of nitrogens with zero attached hydrogens (tertiary/aromatic N) is 3. The molecule has 5 rings (SSSR count). The number of thiophene rings is 1. The Morgan fingerprint density at radius 3 is 2.66 bits per heavy atom. The Hall–Kier alpha value is -1.76. The van der Waals surface area contributed by atoms with Crippen molar-refractivity contribution in [2.45, 2.75) is 41.7 Å². The fourth-order valence-electron chi connectivity index (χ4n) is 5.35. The minimum Gasteiger partial charge on any atom is -0.380 e. The monoisotopic (exact) mass is 541 g/mol. The molecule has 12 heteroatoms. The van der Waals surface area contributed by atoms with Gasteiger partial charge in [-0.15, -0.1) is 11.3 Å². The SMILES string of the molecule is CCC(=O)N1CCC2(CC1)CN1C(=O)CN(S(=O)(=O)c3cc4ccc(Cl)cc4s3)CC1(COC)O2. The lowest BCUT2D eigenvalue weighted by atomic mass is 9.91. The molecule has 3 saturated heterocycles. The number of hydrogen-bond donors (Lipinski definition) is 0. The summed E-state index contributed by atoms with van der Waals surface area (Å²) in [5.41, 5.74) is -1.85. The number of carbonyl (C=O) groups is 2. The van der Waals surface area contributed by atoms with Crippen LogP contribution in [0.3, 0.4) is 0 Å². The van der Waals surface area contributed by atoms with Gasteiger partial charge in [0.2, 0.25) is 11.8 Å². The fourth-order valence-corrected chi connectivity index (χ4v) is 8.61. The van der Waals surface area contributed by atoms with Crippen LogP contribution in [-0.2, 0) is 29.1 Å². The minimum absolute atomic E-state index is 0.0245. The standard InChI is InChI=1S/C23H28ClN3O6S2/c1-3-19(28)25-8-6-22(7-9-25)13-27-20(29)12-26(14-23(27,33-22)15-32-2)35(30,31)21-10-16-4-5-17(24)11-18(16)34-21/h4-5,10-11H,3,6-9,12-15H2,1-2H3. The first-order chi connectivity index (χ1) is 16.6. The summed E-state index contributed by atoms with van der Waals surface area (Å²) in [4.78, 5) is 28.9. The number of carbonyl (C=O) groups excluding carboxylic acids is 2. The average Bonchev–Trinajstić information content (AvgIpc) is 3.39. The van der Waals surface area contributed by atoms with Gasteiger partial charge in [0.05, 0.1) is 31.8 Å². The summed E-state index contributed by atoms with van der Waals surface area (Å²) in [6.45, 7) is 3.05. The van der Waals surface area contributed by atoms with Crippen LogP contribution in [0.1, 0.15) is 26.2 Å². The number of methoxy groups -OCH3 is 1. The highest BCUT2D eigenvalue weighted by Gasteiger charge is 2.61. The zero-order chi connectivity index (χ0) is 25.0. The van der Waals surface area contributed by atoms with Crippen molar-refractivity contribution in [1.29, 1.82) is 0 Å². The van der Waals surface area contributed by atoms with Gasteiger partial charge in [-0.05, 0) is 36.4 Å². The molecule has 190 valence electrons. The van der Waals surface area contributed by atoms with Crippen LogP contribution in [0.4, 0.5) is 0 Å². The maximum absolute atomic E-state index is 13.6. The van der Waals surface area contributed by atoms with Gasteiger partial charge in [0.25, 0.3) is 10.0 Å². The van der Waals surface area contributed by atoms with Crippen molar-refractivity contribution in [1.82, 2.24) is 14.1 Å². The molecule has 3 aliphatic heterocycles. The predicted octanol–water partition coefficient (Wildman–Crippen LogP) is 2.53. The van der Waals surface area contributed by atoms with Crippen LogP contribution in [0.2, 0.25) is 5.02 Å². The smallest absolute Gasteiger partial charge is 0.253 e. The van der Waals surface area contributed by atoms with Crippen LogP contribution in [-0.4, -0.2) is 92.1 Å². The van der Waals surface area contributed by atoms with E-state index < -0.39 is 21.3 Å². The Labute approximate surface area is 213 Å². The second kappa shape index (κ2) is 8.97. The van der Waals surface area contributed by atoms with Gasteiger partial charge in [-0.3, -0.25) is 9.59 Å². The fraction of sp³-hybridized carbons (Fsp3) is 0.565. The number of likely N-dealkylation sites (tertiary alicyclic amines) is 1. The Bertz CT molecular complexity index is 1270. The van der Waals surface area contributed by atoms with Crippen LogP contribution >= 0.6 is 22.9 Å². The minimum atomic E-state index is -3.96. The summed E-state index contributed by atoms with van der Waals surface area (Å²) < 4.78 is 41.5. The van der Waals surface area contributed by atoms with Gasteiger partial charge in [0.1, 0.15) is 4.21 Å². The van der Waals surface area contributed by atoms with Crippen LogP contribution in [0, 0.1) is 0 Å². The molecule has 1 spiro atoms. The first-order valence-corrected chi connectivity index (χ1v) is 14.2. The molecule has 1 atom stereocenters. The zero-order valence-corrected chi connectivity index (χ0v) is 22.0. The molecule has 0 saturated carbocycles. The molecule has 1 aromatic carbocycles. The topological polar surface area (TPSA) is 96.5 Å². The number of ether oxygens (including phenoxy) is 2. The van der Waals surface area contributed by atoms with Crippen LogP contribution in [0.5, 0.6) is 0 Å². The van der Waals surface area contributed by atoms with E-state index in [4.69, 9.17) is 21.1 Å². The number of hydrogen-bond acceptors (Lipinski definition) is 7. The zero-order valence-electron chi connectivity index (χ0n) is 19.7. The van der Waals surface area contributed by atoms with E-state index in [1.54, 1.807) is 29.2 Å². The van der Waals surface area contributed by atoms with E-state index >= 15 is 0 Å². The molecular formula is C23H28ClN3O6S2. The Morgan fingerprint density at radius 2 is 1.97 bits per heavy atom. The second-order valence-corrected chi connectivity index (χ2v) is 13.1. The maximum Gasteiger partial charge on any atom is 0.253 e. The van der Waals surface area contributed by atoms with Crippen molar-refractivity contribution in [3.05, 3.63) is 29.3 Å². The van der Waals surface area contributed by atoms with Crippen LogP contribution in [0.15, 0.2) is 28.5 Å². The molecule has 1 aromatic heterocycles.